The van der Waals surface area contributed by atoms with Crippen molar-refractivity contribution in [1.82, 2.24) is 4.90 Å². The zero-order valence-electron chi connectivity index (χ0n) is 15.7. The van der Waals surface area contributed by atoms with E-state index in [-0.39, 0.29) is 17.7 Å². The van der Waals surface area contributed by atoms with Crippen molar-refractivity contribution in [2.45, 2.75) is 13.5 Å². The number of rotatable bonds is 7. The predicted octanol–water partition coefficient (Wildman–Crippen LogP) is 4.99. The summed E-state index contributed by atoms with van der Waals surface area (Å²) in [6.45, 7) is 2.66. The second-order valence-electron chi connectivity index (χ2n) is 6.03. The number of ether oxygens (including phenoxy) is 2. The molecule has 0 radical (unpaired) electrons. The van der Waals surface area contributed by atoms with Crippen LogP contribution in [0.4, 0.5) is 4.79 Å². The fourth-order valence-corrected chi connectivity index (χ4v) is 3.59. The molecule has 0 unspecified atom stereocenters. The Hall–Kier alpha value is -2.88. The molecule has 7 heteroatoms. The van der Waals surface area contributed by atoms with Gasteiger partial charge in [-0.3, -0.25) is 14.5 Å². The van der Waals surface area contributed by atoms with Gasteiger partial charge in [-0.2, -0.15) is 0 Å². The van der Waals surface area contributed by atoms with E-state index in [9.17, 15) is 9.59 Å². The lowest BCUT2D eigenvalue weighted by Gasteiger charge is -2.13. The van der Waals surface area contributed by atoms with Crippen LogP contribution in [0.2, 0.25) is 5.02 Å². The Balaban J connectivity index is 1.79. The highest BCUT2D eigenvalue weighted by atomic mass is 35.5. The minimum absolute atomic E-state index is 0.0380. The maximum atomic E-state index is 12.3. The molecule has 1 aliphatic rings. The van der Waals surface area contributed by atoms with Crippen molar-refractivity contribution in [3.05, 3.63) is 63.5 Å². The monoisotopic (exact) mass is 427 g/mol. The van der Waals surface area contributed by atoms with E-state index >= 15 is 0 Å². The molecule has 29 heavy (non-hydrogen) atoms. The van der Waals surface area contributed by atoms with Crippen LogP contribution in [-0.4, -0.2) is 29.2 Å². The molecule has 3 rings (SSSR count). The van der Waals surface area contributed by atoms with E-state index in [1.807, 2.05) is 19.1 Å². The molecule has 0 bridgehead atoms. The molecule has 5 nitrogen and oxygen atoms in total. The first-order valence-corrected chi connectivity index (χ1v) is 10.0. The summed E-state index contributed by atoms with van der Waals surface area (Å²) in [7, 11) is 0. The molecule has 2 aromatic carbocycles. The van der Waals surface area contributed by atoms with Gasteiger partial charge in [-0.15, -0.1) is 6.42 Å². The lowest BCUT2D eigenvalue weighted by molar-refractivity contribution is -0.122. The summed E-state index contributed by atoms with van der Waals surface area (Å²) >= 11 is 6.77. The summed E-state index contributed by atoms with van der Waals surface area (Å²) in [4.78, 5) is 25.6. The van der Waals surface area contributed by atoms with Gasteiger partial charge in [0.1, 0.15) is 6.61 Å². The molecular formula is C22H18ClNO4S. The highest BCUT2D eigenvalue weighted by molar-refractivity contribution is 8.18. The molecule has 1 fully saturated rings. The molecule has 0 spiro atoms. The van der Waals surface area contributed by atoms with Gasteiger partial charge in [0, 0.05) is 5.02 Å². The zero-order chi connectivity index (χ0) is 20.8. The van der Waals surface area contributed by atoms with Crippen LogP contribution in [0.5, 0.6) is 11.5 Å². The standard InChI is InChI=1S/C22H18ClNO4S/c1-3-11-24-21(25)20(29-22(24)26)13-16-7-10-18(19(12-16)27-4-2)28-14-15-5-8-17(23)9-6-15/h1,5-10,12-13H,4,11,14H2,2H3. The number of carbonyl (C=O) groups excluding carboxylic acids is 2. The largest absolute Gasteiger partial charge is 0.490 e. The Morgan fingerprint density at radius 3 is 2.59 bits per heavy atom. The van der Waals surface area contributed by atoms with Gasteiger partial charge in [0.25, 0.3) is 11.1 Å². The lowest BCUT2D eigenvalue weighted by Crippen LogP contribution is -2.28. The third-order valence-electron chi connectivity index (χ3n) is 4.00. The maximum absolute atomic E-state index is 12.3. The van der Waals surface area contributed by atoms with Crippen molar-refractivity contribution >= 4 is 40.6 Å². The second-order valence-corrected chi connectivity index (χ2v) is 7.46. The fraction of sp³-hybridized carbons (Fsp3) is 0.182. The van der Waals surface area contributed by atoms with Crippen molar-refractivity contribution < 1.29 is 19.1 Å². The minimum atomic E-state index is -0.390. The Kier molecular flexibility index (Phi) is 6.86. The van der Waals surface area contributed by atoms with Gasteiger partial charge in [-0.1, -0.05) is 35.7 Å². The number of benzene rings is 2. The van der Waals surface area contributed by atoms with Gasteiger partial charge in [0.05, 0.1) is 18.1 Å². The summed E-state index contributed by atoms with van der Waals surface area (Å²) in [5.41, 5.74) is 1.70. The first-order valence-electron chi connectivity index (χ1n) is 8.84. The number of thioether (sulfide) groups is 1. The molecule has 0 aliphatic carbocycles. The van der Waals surface area contributed by atoms with Crippen LogP contribution in [0.25, 0.3) is 6.08 Å². The van der Waals surface area contributed by atoms with Crippen LogP contribution in [-0.2, 0) is 11.4 Å². The quantitative estimate of drug-likeness (QED) is 0.460. The number of terminal acetylenes is 1. The summed E-state index contributed by atoms with van der Waals surface area (Å²) in [6.07, 6.45) is 6.86. The molecule has 0 N–H and O–H groups in total. The van der Waals surface area contributed by atoms with Crippen molar-refractivity contribution in [1.29, 1.82) is 0 Å². The molecule has 0 atom stereocenters. The van der Waals surface area contributed by atoms with Crippen LogP contribution >= 0.6 is 23.4 Å². The van der Waals surface area contributed by atoms with Crippen molar-refractivity contribution in [2.24, 2.45) is 0 Å². The average Bonchev–Trinajstić information content (AvgIpc) is 2.97. The van der Waals surface area contributed by atoms with Crippen LogP contribution in [0.3, 0.4) is 0 Å². The van der Waals surface area contributed by atoms with Gasteiger partial charge in [0.15, 0.2) is 11.5 Å². The first-order chi connectivity index (χ1) is 14.0. The Morgan fingerprint density at radius 2 is 1.90 bits per heavy atom. The zero-order valence-corrected chi connectivity index (χ0v) is 17.3. The van der Waals surface area contributed by atoms with Gasteiger partial charge >= 0.3 is 0 Å². The topological polar surface area (TPSA) is 55.8 Å². The minimum Gasteiger partial charge on any atom is -0.490 e. The summed E-state index contributed by atoms with van der Waals surface area (Å²) in [6, 6.07) is 12.7. The Labute approximate surface area is 178 Å². The highest BCUT2D eigenvalue weighted by Gasteiger charge is 2.34. The predicted molar refractivity (Wildman–Crippen MR) is 115 cm³/mol. The number of nitrogens with zero attached hydrogens (tertiary/aromatic N) is 1. The molecular weight excluding hydrogens is 410 g/mol. The third-order valence-corrected chi connectivity index (χ3v) is 5.16. The second kappa shape index (κ2) is 9.55. The normalized spacial score (nSPS) is 14.9. The van der Waals surface area contributed by atoms with Gasteiger partial charge in [0.2, 0.25) is 0 Å². The van der Waals surface area contributed by atoms with E-state index in [4.69, 9.17) is 27.5 Å². The molecule has 1 saturated heterocycles. The van der Waals surface area contributed by atoms with Gasteiger partial charge < -0.3 is 9.47 Å². The van der Waals surface area contributed by atoms with Crippen molar-refractivity contribution in [3.63, 3.8) is 0 Å². The number of hydrogen-bond donors (Lipinski definition) is 0. The van der Waals surface area contributed by atoms with E-state index in [1.165, 1.54) is 0 Å². The van der Waals surface area contributed by atoms with E-state index < -0.39 is 0 Å². The average molecular weight is 428 g/mol. The van der Waals surface area contributed by atoms with E-state index in [0.717, 1.165) is 27.8 Å². The van der Waals surface area contributed by atoms with E-state index in [2.05, 4.69) is 5.92 Å². The number of halogens is 1. The highest BCUT2D eigenvalue weighted by Crippen LogP contribution is 2.34. The number of imide groups is 1. The van der Waals surface area contributed by atoms with Crippen LogP contribution in [0.15, 0.2) is 47.4 Å². The van der Waals surface area contributed by atoms with E-state index in [0.29, 0.717) is 34.6 Å². The van der Waals surface area contributed by atoms with Gasteiger partial charge in [-0.05, 0) is 60.2 Å². The Bertz CT molecular complexity index is 995. The summed E-state index contributed by atoms with van der Waals surface area (Å²) < 4.78 is 11.6. The molecule has 1 heterocycles. The van der Waals surface area contributed by atoms with Crippen LogP contribution < -0.4 is 9.47 Å². The molecule has 1 aliphatic heterocycles. The number of hydrogen-bond acceptors (Lipinski definition) is 5. The summed E-state index contributed by atoms with van der Waals surface area (Å²) in [5.74, 6) is 3.07. The molecule has 2 amide bonds. The molecule has 0 saturated carbocycles. The summed E-state index contributed by atoms with van der Waals surface area (Å²) in [5, 5.41) is 0.298. The fourth-order valence-electron chi connectivity index (χ4n) is 2.62. The van der Waals surface area contributed by atoms with Crippen molar-refractivity contribution in [2.75, 3.05) is 13.2 Å². The molecule has 0 aromatic heterocycles. The third kappa shape index (κ3) is 5.14. The first kappa shape index (κ1) is 20.8. The lowest BCUT2D eigenvalue weighted by atomic mass is 10.1. The van der Waals surface area contributed by atoms with Crippen LogP contribution in [0, 0.1) is 12.3 Å². The SMILES string of the molecule is C#CCN1C(=O)SC(=Cc2ccc(OCc3ccc(Cl)cc3)c(OCC)c2)C1=O. The van der Waals surface area contributed by atoms with E-state index in [1.54, 1.807) is 36.4 Å². The number of carbonyl (C=O) groups is 2. The van der Waals surface area contributed by atoms with Crippen molar-refractivity contribution in [3.8, 4) is 23.8 Å². The van der Waals surface area contributed by atoms with Crippen LogP contribution in [0.1, 0.15) is 18.1 Å². The molecule has 148 valence electrons. The number of amides is 2. The Morgan fingerprint density at radius 1 is 1.14 bits per heavy atom. The molecule has 2 aromatic rings. The smallest absolute Gasteiger partial charge is 0.294 e. The maximum Gasteiger partial charge on any atom is 0.294 e. The van der Waals surface area contributed by atoms with Gasteiger partial charge in [-0.25, -0.2) is 0 Å².